The maximum Gasteiger partial charge on any atom is 0.274 e. The predicted molar refractivity (Wildman–Crippen MR) is 80.0 cm³/mol. The molecular formula is C15H24N4O. The van der Waals surface area contributed by atoms with E-state index in [4.69, 9.17) is 0 Å². The van der Waals surface area contributed by atoms with Gasteiger partial charge in [0.05, 0.1) is 11.9 Å². The number of aromatic nitrogens is 2. The van der Waals surface area contributed by atoms with E-state index in [1.165, 1.54) is 0 Å². The van der Waals surface area contributed by atoms with E-state index >= 15 is 0 Å². The minimum Gasteiger partial charge on any atom is -0.382 e. The summed E-state index contributed by atoms with van der Waals surface area (Å²) in [6, 6.07) is 0.402. The SMILES string of the molecule is CCNc1cnc(C(C)C)nc1C(=O)N(CC)C1CC1. The van der Waals surface area contributed by atoms with Gasteiger partial charge in [0.2, 0.25) is 0 Å². The minimum absolute atomic E-state index is 0.0234. The molecule has 0 radical (unpaired) electrons. The Morgan fingerprint density at radius 2 is 2.15 bits per heavy atom. The summed E-state index contributed by atoms with van der Waals surface area (Å²) in [6.45, 7) is 9.58. The second-order valence-corrected chi connectivity index (χ2v) is 5.50. The zero-order valence-electron chi connectivity index (χ0n) is 12.8. The first-order valence-corrected chi connectivity index (χ1v) is 7.50. The number of hydrogen-bond acceptors (Lipinski definition) is 4. The number of nitrogens with zero attached hydrogens (tertiary/aromatic N) is 3. The highest BCUT2D eigenvalue weighted by Crippen LogP contribution is 2.29. The number of carbonyl (C=O) groups excluding carboxylic acids is 1. The van der Waals surface area contributed by atoms with Crippen LogP contribution in [-0.2, 0) is 0 Å². The fourth-order valence-electron chi connectivity index (χ4n) is 2.25. The summed E-state index contributed by atoms with van der Waals surface area (Å²) in [4.78, 5) is 23.5. The first-order valence-electron chi connectivity index (χ1n) is 7.50. The molecule has 0 aromatic carbocycles. The van der Waals surface area contributed by atoms with Crippen LogP contribution in [0.4, 0.5) is 5.69 Å². The Morgan fingerprint density at radius 1 is 1.45 bits per heavy atom. The highest BCUT2D eigenvalue weighted by Gasteiger charge is 2.33. The van der Waals surface area contributed by atoms with Crippen LogP contribution < -0.4 is 5.32 Å². The second kappa shape index (κ2) is 6.20. The fourth-order valence-corrected chi connectivity index (χ4v) is 2.25. The maximum absolute atomic E-state index is 12.7. The Morgan fingerprint density at radius 3 is 2.65 bits per heavy atom. The van der Waals surface area contributed by atoms with Crippen molar-refractivity contribution in [1.82, 2.24) is 14.9 Å². The Bertz CT molecular complexity index is 483. The van der Waals surface area contributed by atoms with Crippen LogP contribution in [0.1, 0.15) is 62.8 Å². The van der Waals surface area contributed by atoms with Crippen LogP contribution >= 0.6 is 0 Å². The Balaban J connectivity index is 2.34. The van der Waals surface area contributed by atoms with E-state index in [9.17, 15) is 4.79 Å². The molecule has 0 atom stereocenters. The molecule has 1 fully saturated rings. The van der Waals surface area contributed by atoms with Crippen LogP contribution in [-0.4, -0.2) is 39.9 Å². The van der Waals surface area contributed by atoms with Crippen molar-refractivity contribution in [3.63, 3.8) is 0 Å². The number of hydrogen-bond donors (Lipinski definition) is 1. The summed E-state index contributed by atoms with van der Waals surface area (Å²) in [5.74, 6) is 0.963. The highest BCUT2D eigenvalue weighted by molar-refractivity contribution is 5.97. The van der Waals surface area contributed by atoms with Gasteiger partial charge >= 0.3 is 0 Å². The largest absolute Gasteiger partial charge is 0.382 e. The number of carbonyl (C=O) groups is 1. The van der Waals surface area contributed by atoms with Crippen molar-refractivity contribution in [3.8, 4) is 0 Å². The molecule has 1 heterocycles. The smallest absolute Gasteiger partial charge is 0.274 e. The van der Waals surface area contributed by atoms with Gasteiger partial charge in [-0.2, -0.15) is 0 Å². The molecule has 1 aliphatic rings. The second-order valence-electron chi connectivity index (χ2n) is 5.50. The van der Waals surface area contributed by atoms with Crippen molar-refractivity contribution < 1.29 is 4.79 Å². The van der Waals surface area contributed by atoms with Gasteiger partial charge in [-0.05, 0) is 26.7 Å². The molecule has 2 rings (SSSR count). The van der Waals surface area contributed by atoms with Crippen molar-refractivity contribution >= 4 is 11.6 Å². The molecule has 1 aromatic rings. The van der Waals surface area contributed by atoms with Gasteiger partial charge in [-0.1, -0.05) is 13.8 Å². The summed E-state index contributed by atoms with van der Waals surface area (Å²) < 4.78 is 0. The van der Waals surface area contributed by atoms with Crippen LogP contribution in [0, 0.1) is 0 Å². The van der Waals surface area contributed by atoms with Crippen molar-refractivity contribution in [2.75, 3.05) is 18.4 Å². The third-order valence-corrected chi connectivity index (χ3v) is 3.48. The molecule has 1 N–H and O–H groups in total. The molecule has 0 bridgehead atoms. The molecule has 1 aromatic heterocycles. The van der Waals surface area contributed by atoms with Gasteiger partial charge in [0, 0.05) is 25.0 Å². The van der Waals surface area contributed by atoms with Crippen molar-refractivity contribution in [3.05, 3.63) is 17.7 Å². The summed E-state index contributed by atoms with van der Waals surface area (Å²) in [7, 11) is 0. The Hall–Kier alpha value is -1.65. The summed E-state index contributed by atoms with van der Waals surface area (Å²) in [5.41, 5.74) is 1.25. The van der Waals surface area contributed by atoms with Gasteiger partial charge in [-0.15, -0.1) is 0 Å². The first kappa shape index (κ1) is 14.8. The van der Waals surface area contributed by atoms with E-state index in [-0.39, 0.29) is 11.8 Å². The summed E-state index contributed by atoms with van der Waals surface area (Å²) in [5, 5.41) is 3.19. The number of rotatable bonds is 6. The van der Waals surface area contributed by atoms with Gasteiger partial charge in [0.15, 0.2) is 5.69 Å². The number of anilines is 1. The van der Waals surface area contributed by atoms with Crippen LogP contribution in [0.2, 0.25) is 0 Å². The van der Waals surface area contributed by atoms with Crippen LogP contribution in [0.3, 0.4) is 0 Å². The fraction of sp³-hybridized carbons (Fsp3) is 0.667. The van der Waals surface area contributed by atoms with Gasteiger partial charge < -0.3 is 10.2 Å². The van der Waals surface area contributed by atoms with E-state index in [0.29, 0.717) is 11.7 Å². The summed E-state index contributed by atoms with van der Waals surface area (Å²) in [6.07, 6.45) is 3.95. The molecule has 5 heteroatoms. The standard InChI is InChI=1S/C15H24N4O/c1-5-16-12-9-17-14(10(3)4)18-13(12)15(20)19(6-2)11-7-8-11/h9-11,16H,5-8H2,1-4H3. The molecule has 1 saturated carbocycles. The molecule has 0 aliphatic heterocycles. The Labute approximate surface area is 120 Å². The lowest BCUT2D eigenvalue weighted by atomic mass is 10.2. The predicted octanol–water partition coefficient (Wildman–Crippen LogP) is 2.66. The van der Waals surface area contributed by atoms with E-state index < -0.39 is 0 Å². The van der Waals surface area contributed by atoms with E-state index in [1.54, 1.807) is 6.20 Å². The molecule has 110 valence electrons. The van der Waals surface area contributed by atoms with E-state index in [2.05, 4.69) is 15.3 Å². The van der Waals surface area contributed by atoms with Gasteiger partial charge in [0.25, 0.3) is 5.91 Å². The topological polar surface area (TPSA) is 58.1 Å². The van der Waals surface area contributed by atoms with Crippen molar-refractivity contribution in [2.24, 2.45) is 0 Å². The maximum atomic E-state index is 12.7. The third-order valence-electron chi connectivity index (χ3n) is 3.48. The number of nitrogens with one attached hydrogen (secondary N) is 1. The normalized spacial score (nSPS) is 14.4. The quantitative estimate of drug-likeness (QED) is 0.868. The van der Waals surface area contributed by atoms with Crippen molar-refractivity contribution in [1.29, 1.82) is 0 Å². The lowest BCUT2D eigenvalue weighted by Crippen LogP contribution is -2.34. The highest BCUT2D eigenvalue weighted by atomic mass is 16.2. The average Bonchev–Trinajstić information content (AvgIpc) is 3.24. The summed E-state index contributed by atoms with van der Waals surface area (Å²) >= 11 is 0. The lowest BCUT2D eigenvalue weighted by Gasteiger charge is -2.21. The molecule has 0 saturated heterocycles. The third kappa shape index (κ3) is 3.08. The zero-order chi connectivity index (χ0) is 14.7. The van der Waals surface area contributed by atoms with Gasteiger partial charge in [0.1, 0.15) is 5.82 Å². The monoisotopic (exact) mass is 276 g/mol. The molecule has 20 heavy (non-hydrogen) atoms. The molecular weight excluding hydrogens is 252 g/mol. The van der Waals surface area contributed by atoms with Gasteiger partial charge in [-0.25, -0.2) is 9.97 Å². The first-order chi connectivity index (χ1) is 9.58. The molecule has 1 amide bonds. The minimum atomic E-state index is 0.0234. The van der Waals surface area contributed by atoms with Crippen LogP contribution in [0.15, 0.2) is 6.20 Å². The lowest BCUT2D eigenvalue weighted by molar-refractivity contribution is 0.0747. The molecule has 0 unspecified atom stereocenters. The van der Waals surface area contributed by atoms with Crippen molar-refractivity contribution in [2.45, 2.75) is 52.5 Å². The van der Waals surface area contributed by atoms with E-state index in [1.807, 2.05) is 32.6 Å². The van der Waals surface area contributed by atoms with Gasteiger partial charge in [-0.3, -0.25) is 4.79 Å². The van der Waals surface area contributed by atoms with E-state index in [0.717, 1.165) is 37.4 Å². The molecule has 1 aliphatic carbocycles. The molecule has 0 spiro atoms. The van der Waals surface area contributed by atoms with Crippen LogP contribution in [0.5, 0.6) is 0 Å². The van der Waals surface area contributed by atoms with Crippen LogP contribution in [0.25, 0.3) is 0 Å². The average molecular weight is 276 g/mol. The zero-order valence-corrected chi connectivity index (χ0v) is 12.8. The Kier molecular flexibility index (Phi) is 4.57. The number of amides is 1. The molecule has 5 nitrogen and oxygen atoms in total.